The molecule has 41 heavy (non-hydrogen) atoms. The fourth-order valence-electron chi connectivity index (χ4n) is 4.78. The van der Waals surface area contributed by atoms with Crippen LogP contribution in [-0.2, 0) is 25.6 Å². The molecular formula is C29H43N5O7. The van der Waals surface area contributed by atoms with E-state index in [1.165, 1.54) is 4.90 Å². The van der Waals surface area contributed by atoms with Crippen molar-refractivity contribution in [2.24, 2.45) is 11.8 Å². The Morgan fingerprint density at radius 3 is 2.46 bits per heavy atom. The van der Waals surface area contributed by atoms with Crippen LogP contribution in [0.1, 0.15) is 62.8 Å². The number of ether oxygens (including phenoxy) is 3. The molecule has 1 aliphatic heterocycles. The zero-order chi connectivity index (χ0) is 30.3. The first-order valence-electron chi connectivity index (χ1n) is 13.9. The Bertz CT molecular complexity index is 1210. The Morgan fingerprint density at radius 2 is 1.85 bits per heavy atom. The van der Waals surface area contributed by atoms with Crippen molar-refractivity contribution in [2.45, 2.75) is 66.2 Å². The van der Waals surface area contributed by atoms with Crippen molar-refractivity contribution in [3.8, 4) is 5.69 Å². The number of amides is 2. The second-order valence-electron chi connectivity index (χ2n) is 11.8. The molecule has 1 aromatic carbocycles. The number of hydrogen-bond acceptors (Lipinski definition) is 8. The second kappa shape index (κ2) is 13.9. The Kier molecular flexibility index (Phi) is 10.9. The van der Waals surface area contributed by atoms with E-state index in [4.69, 9.17) is 14.2 Å². The number of aryl methyl sites for hydroxylation is 1. The molecule has 1 saturated heterocycles. The van der Waals surface area contributed by atoms with Crippen LogP contribution >= 0.6 is 0 Å². The van der Waals surface area contributed by atoms with Gasteiger partial charge < -0.3 is 29.1 Å². The molecule has 1 fully saturated rings. The van der Waals surface area contributed by atoms with E-state index in [1.807, 2.05) is 45.0 Å². The number of carboxylic acids is 1. The molecule has 0 radical (unpaired) electrons. The van der Waals surface area contributed by atoms with Gasteiger partial charge in [-0.1, -0.05) is 37.3 Å². The van der Waals surface area contributed by atoms with Gasteiger partial charge in [0.15, 0.2) is 5.69 Å². The maximum Gasteiger partial charge on any atom is 0.410 e. The van der Waals surface area contributed by atoms with Crippen molar-refractivity contribution in [1.82, 2.24) is 24.8 Å². The van der Waals surface area contributed by atoms with Gasteiger partial charge in [-0.3, -0.25) is 9.59 Å². The van der Waals surface area contributed by atoms with Crippen LogP contribution in [0.25, 0.3) is 5.69 Å². The van der Waals surface area contributed by atoms with Crippen LogP contribution in [0.4, 0.5) is 4.79 Å². The molecule has 12 heteroatoms. The number of benzene rings is 1. The topological polar surface area (TPSA) is 136 Å². The molecule has 2 amide bonds. The molecule has 1 aromatic heterocycles. The lowest BCUT2D eigenvalue weighted by atomic mass is 9.92. The average Bonchev–Trinajstić information content (AvgIpc) is 3.31. The summed E-state index contributed by atoms with van der Waals surface area (Å²) in [5.74, 6) is -2.22. The van der Waals surface area contributed by atoms with Gasteiger partial charge in [0.25, 0.3) is 5.91 Å². The van der Waals surface area contributed by atoms with Gasteiger partial charge in [-0.15, -0.1) is 5.10 Å². The summed E-state index contributed by atoms with van der Waals surface area (Å²) in [6, 6.07) is 7.06. The minimum Gasteiger partial charge on any atom is -0.481 e. The number of aliphatic carboxylic acids is 1. The van der Waals surface area contributed by atoms with Gasteiger partial charge in [0.05, 0.1) is 37.5 Å². The number of carbonyl (C=O) groups is 3. The Morgan fingerprint density at radius 1 is 1.15 bits per heavy atom. The first-order chi connectivity index (χ1) is 19.3. The third-order valence-electron chi connectivity index (χ3n) is 6.67. The highest BCUT2D eigenvalue weighted by Crippen LogP contribution is 2.27. The second-order valence-corrected chi connectivity index (χ2v) is 11.8. The average molecular weight is 574 g/mol. The molecule has 0 saturated carbocycles. The summed E-state index contributed by atoms with van der Waals surface area (Å²) in [4.78, 5) is 42.4. The highest BCUT2D eigenvalue weighted by molar-refractivity contribution is 5.94. The summed E-state index contributed by atoms with van der Waals surface area (Å²) in [7, 11) is 1.58. The third kappa shape index (κ3) is 8.49. The Hall–Kier alpha value is -3.51. The van der Waals surface area contributed by atoms with Crippen molar-refractivity contribution < 1.29 is 33.7 Å². The summed E-state index contributed by atoms with van der Waals surface area (Å²) in [5, 5.41) is 18.5. The highest BCUT2D eigenvalue weighted by atomic mass is 16.6. The van der Waals surface area contributed by atoms with Gasteiger partial charge in [0.2, 0.25) is 0 Å². The SMILES string of the molecule is COCCOCc1c(C(=O)N(CC(C)C)[C@H]2C[C@@H](C(=O)O)CN(C(=O)OC(C)(C)C)C2)nnn1-c1ccccc1C. The molecular weight excluding hydrogens is 530 g/mol. The number of carboxylic acid groups (broad SMARTS) is 1. The lowest BCUT2D eigenvalue weighted by Gasteiger charge is -2.42. The van der Waals surface area contributed by atoms with E-state index in [0.29, 0.717) is 25.5 Å². The number of likely N-dealkylation sites (tertiary alicyclic amines) is 1. The van der Waals surface area contributed by atoms with E-state index in [1.54, 1.807) is 37.5 Å². The summed E-state index contributed by atoms with van der Waals surface area (Å²) >= 11 is 0. The summed E-state index contributed by atoms with van der Waals surface area (Å²) in [6.07, 6.45) is -0.415. The Labute approximate surface area is 241 Å². The molecule has 2 aromatic rings. The molecule has 0 bridgehead atoms. The number of nitrogens with zero attached hydrogens (tertiary/aromatic N) is 5. The minimum atomic E-state index is -1.03. The molecule has 0 unspecified atom stereocenters. The predicted molar refractivity (Wildman–Crippen MR) is 151 cm³/mol. The van der Waals surface area contributed by atoms with E-state index in [9.17, 15) is 19.5 Å². The van der Waals surface area contributed by atoms with Gasteiger partial charge in [-0.05, 0) is 51.7 Å². The summed E-state index contributed by atoms with van der Waals surface area (Å²) < 4.78 is 18.1. The van der Waals surface area contributed by atoms with Gasteiger partial charge >= 0.3 is 12.1 Å². The van der Waals surface area contributed by atoms with Crippen LogP contribution in [0.2, 0.25) is 0 Å². The van der Waals surface area contributed by atoms with Crippen molar-refractivity contribution in [3.05, 3.63) is 41.2 Å². The predicted octanol–water partition coefficient (Wildman–Crippen LogP) is 3.55. The maximum absolute atomic E-state index is 14.2. The number of hydrogen-bond donors (Lipinski definition) is 1. The zero-order valence-electron chi connectivity index (χ0n) is 25.1. The van der Waals surface area contributed by atoms with Crippen LogP contribution in [0, 0.1) is 18.8 Å². The minimum absolute atomic E-state index is 0.00646. The number of para-hydroxylation sites is 1. The van der Waals surface area contributed by atoms with E-state index in [2.05, 4.69) is 10.3 Å². The third-order valence-corrected chi connectivity index (χ3v) is 6.67. The first kappa shape index (κ1) is 32.0. The molecule has 0 spiro atoms. The summed E-state index contributed by atoms with van der Waals surface area (Å²) in [5.41, 5.74) is 1.55. The largest absolute Gasteiger partial charge is 0.481 e. The summed E-state index contributed by atoms with van der Waals surface area (Å²) in [6.45, 7) is 12.4. The Balaban J connectivity index is 2.01. The zero-order valence-corrected chi connectivity index (χ0v) is 25.1. The van der Waals surface area contributed by atoms with E-state index >= 15 is 0 Å². The standard InChI is InChI=1S/C29H43N5O7/c1-19(2)15-33(22-14-21(27(36)37)16-32(17-22)28(38)41-29(4,5)6)26(35)25-24(18-40-13-12-39-7)34(31-30-25)23-11-9-8-10-20(23)3/h8-11,19,21-22H,12-18H2,1-7H3,(H,36,37)/t21-,22+/m1/s1. The number of methoxy groups -OCH3 is 1. The van der Waals surface area contributed by atoms with E-state index < -0.39 is 35.5 Å². The van der Waals surface area contributed by atoms with Crippen LogP contribution in [0.3, 0.4) is 0 Å². The molecule has 3 rings (SSSR count). The fourth-order valence-corrected chi connectivity index (χ4v) is 4.78. The number of carbonyl (C=O) groups excluding carboxylic acids is 2. The molecule has 1 N–H and O–H groups in total. The van der Waals surface area contributed by atoms with Gasteiger partial charge in [-0.2, -0.15) is 0 Å². The molecule has 12 nitrogen and oxygen atoms in total. The van der Waals surface area contributed by atoms with E-state index in [-0.39, 0.29) is 37.7 Å². The molecule has 1 aliphatic rings. The molecule has 226 valence electrons. The monoisotopic (exact) mass is 573 g/mol. The lowest BCUT2D eigenvalue weighted by molar-refractivity contribution is -0.144. The van der Waals surface area contributed by atoms with Crippen LogP contribution in [0.5, 0.6) is 0 Å². The van der Waals surface area contributed by atoms with Crippen LogP contribution in [-0.4, -0.2) is 99.5 Å². The number of aromatic nitrogens is 3. The maximum atomic E-state index is 14.2. The molecule has 2 heterocycles. The first-order valence-corrected chi connectivity index (χ1v) is 13.9. The quantitative estimate of drug-likeness (QED) is 0.400. The van der Waals surface area contributed by atoms with Crippen molar-refractivity contribution in [1.29, 1.82) is 0 Å². The van der Waals surface area contributed by atoms with Crippen molar-refractivity contribution >= 4 is 18.0 Å². The fraction of sp³-hybridized carbons (Fsp3) is 0.621. The number of piperidine rings is 1. The van der Waals surface area contributed by atoms with Crippen LogP contribution < -0.4 is 0 Å². The van der Waals surface area contributed by atoms with Crippen molar-refractivity contribution in [3.63, 3.8) is 0 Å². The van der Waals surface area contributed by atoms with Crippen LogP contribution in [0.15, 0.2) is 24.3 Å². The van der Waals surface area contributed by atoms with E-state index in [0.717, 1.165) is 11.3 Å². The van der Waals surface area contributed by atoms with Gasteiger partial charge in [-0.25, -0.2) is 9.48 Å². The van der Waals surface area contributed by atoms with Gasteiger partial charge in [0, 0.05) is 26.7 Å². The van der Waals surface area contributed by atoms with Crippen molar-refractivity contribution in [2.75, 3.05) is 40.0 Å². The lowest BCUT2D eigenvalue weighted by Crippen LogP contribution is -2.56. The molecule has 2 atom stereocenters. The smallest absolute Gasteiger partial charge is 0.410 e. The molecule has 0 aliphatic carbocycles. The number of rotatable bonds is 11. The van der Waals surface area contributed by atoms with Gasteiger partial charge in [0.1, 0.15) is 11.3 Å². The highest BCUT2D eigenvalue weighted by Gasteiger charge is 2.40. The normalized spacial score (nSPS) is 17.5.